The molecule has 0 rings (SSSR count). The summed E-state index contributed by atoms with van der Waals surface area (Å²) < 4.78 is 29.9. The summed E-state index contributed by atoms with van der Waals surface area (Å²) in [7, 11) is -3.77. The van der Waals surface area contributed by atoms with Crippen LogP contribution in [0.5, 0.6) is 0 Å². The molecule has 1 unspecified atom stereocenters. The number of rotatable bonds is 23. The summed E-state index contributed by atoms with van der Waals surface area (Å²) >= 11 is 0. The fourth-order valence-corrected chi connectivity index (χ4v) is 4.48. The molecule has 0 fully saturated rings. The van der Waals surface area contributed by atoms with Gasteiger partial charge in [-0.1, -0.05) is 122 Å². The fourth-order valence-electron chi connectivity index (χ4n) is 3.91. The van der Waals surface area contributed by atoms with Crippen LogP contribution < -0.4 is 0 Å². The van der Waals surface area contributed by atoms with E-state index in [-0.39, 0.29) is 11.9 Å². The third kappa shape index (κ3) is 25.8. The average Bonchev–Trinajstić information content (AvgIpc) is 2.66. The van der Waals surface area contributed by atoms with Crippen molar-refractivity contribution in [3.63, 3.8) is 0 Å². The summed E-state index contributed by atoms with van der Waals surface area (Å²) in [6.45, 7) is 2.26. The van der Waals surface area contributed by atoms with E-state index in [4.69, 9.17) is 4.55 Å². The number of unbranched alkanes of at least 4 members (excludes halogenated alkanes) is 17. The highest BCUT2D eigenvalue weighted by Gasteiger charge is 2.04. The highest BCUT2D eigenvalue weighted by Crippen LogP contribution is 2.15. The van der Waals surface area contributed by atoms with Crippen LogP contribution in [0.3, 0.4) is 0 Å². The predicted molar refractivity (Wildman–Crippen MR) is 125 cm³/mol. The largest absolute Gasteiger partial charge is 0.393 e. The molecule has 176 valence electrons. The van der Waals surface area contributed by atoms with Crippen LogP contribution in [-0.2, 0) is 10.1 Å². The quantitative estimate of drug-likeness (QED) is 0.129. The third-order valence-electron chi connectivity index (χ3n) is 5.83. The van der Waals surface area contributed by atoms with E-state index in [1.54, 1.807) is 0 Å². The Labute approximate surface area is 182 Å². The molecule has 5 heteroatoms. The molecule has 0 heterocycles. The fraction of sp³-hybridized carbons (Fsp3) is 1.00. The molecular formula is C24H50O4S. The van der Waals surface area contributed by atoms with Crippen molar-refractivity contribution in [2.24, 2.45) is 0 Å². The smallest absolute Gasteiger partial charge is 0.264 e. The van der Waals surface area contributed by atoms with Crippen molar-refractivity contribution >= 4 is 10.1 Å². The molecule has 1 atom stereocenters. The maximum Gasteiger partial charge on any atom is 0.264 e. The summed E-state index contributed by atoms with van der Waals surface area (Å²) in [6, 6.07) is 0. The lowest BCUT2D eigenvalue weighted by Crippen LogP contribution is -2.05. The molecule has 4 nitrogen and oxygen atoms in total. The molecule has 0 amide bonds. The second-order valence-corrected chi connectivity index (χ2v) is 10.5. The summed E-state index contributed by atoms with van der Waals surface area (Å²) in [5.41, 5.74) is 0. The van der Waals surface area contributed by atoms with Gasteiger partial charge in [0.2, 0.25) is 0 Å². The van der Waals surface area contributed by atoms with E-state index in [1.807, 2.05) is 0 Å². The first-order chi connectivity index (χ1) is 14.0. The van der Waals surface area contributed by atoms with Gasteiger partial charge < -0.3 is 5.11 Å². The van der Waals surface area contributed by atoms with E-state index in [9.17, 15) is 13.5 Å². The number of hydrogen-bond acceptors (Lipinski definition) is 3. The molecular weight excluding hydrogens is 384 g/mol. The Morgan fingerprint density at radius 1 is 0.552 bits per heavy atom. The molecule has 0 aliphatic heterocycles. The van der Waals surface area contributed by atoms with Crippen molar-refractivity contribution in [3.8, 4) is 0 Å². The lowest BCUT2D eigenvalue weighted by atomic mass is 10.0. The zero-order valence-corrected chi connectivity index (χ0v) is 20.1. The van der Waals surface area contributed by atoms with Crippen LogP contribution in [0, 0.1) is 0 Å². The van der Waals surface area contributed by atoms with E-state index >= 15 is 0 Å². The van der Waals surface area contributed by atoms with Gasteiger partial charge in [-0.3, -0.25) is 4.55 Å². The van der Waals surface area contributed by atoms with Crippen molar-refractivity contribution in [1.82, 2.24) is 0 Å². The van der Waals surface area contributed by atoms with Crippen LogP contribution in [0.15, 0.2) is 0 Å². The Morgan fingerprint density at radius 2 is 0.862 bits per heavy atom. The Bertz CT molecular complexity index is 423. The standard InChI is InChI=1S/C24H50O4S/c1-2-3-4-5-6-9-12-15-18-21-24(25)22-19-16-13-10-7-8-11-14-17-20-23-29(26,27)28/h24-25H,2-23H2,1H3,(H,26,27,28). The van der Waals surface area contributed by atoms with Crippen LogP contribution in [0.4, 0.5) is 0 Å². The Morgan fingerprint density at radius 3 is 1.21 bits per heavy atom. The average molecular weight is 435 g/mol. The first kappa shape index (κ1) is 28.9. The lowest BCUT2D eigenvalue weighted by Gasteiger charge is -2.10. The molecule has 0 aromatic carbocycles. The summed E-state index contributed by atoms with van der Waals surface area (Å²) in [4.78, 5) is 0. The first-order valence-corrected chi connectivity index (χ1v) is 14.2. The van der Waals surface area contributed by atoms with E-state index in [1.165, 1.54) is 89.9 Å². The Balaban J connectivity index is 3.19. The molecule has 0 aromatic rings. The van der Waals surface area contributed by atoms with Gasteiger partial charge >= 0.3 is 0 Å². The summed E-state index contributed by atoms with van der Waals surface area (Å²) in [6.07, 6.45) is 24.9. The summed E-state index contributed by atoms with van der Waals surface area (Å²) in [5.74, 6) is -0.0992. The summed E-state index contributed by atoms with van der Waals surface area (Å²) in [5, 5.41) is 10.1. The zero-order valence-electron chi connectivity index (χ0n) is 19.3. The van der Waals surface area contributed by atoms with Crippen LogP contribution in [0.1, 0.15) is 142 Å². The Hall–Kier alpha value is -0.130. The van der Waals surface area contributed by atoms with Gasteiger partial charge in [-0.15, -0.1) is 0 Å². The Kier molecular flexibility index (Phi) is 21.0. The molecule has 0 aromatic heterocycles. The minimum atomic E-state index is -3.77. The van der Waals surface area contributed by atoms with Crippen molar-refractivity contribution in [1.29, 1.82) is 0 Å². The zero-order chi connectivity index (χ0) is 21.6. The second-order valence-electron chi connectivity index (χ2n) is 8.88. The van der Waals surface area contributed by atoms with Crippen LogP contribution in [0.25, 0.3) is 0 Å². The molecule has 29 heavy (non-hydrogen) atoms. The number of aliphatic hydroxyl groups is 1. The van der Waals surface area contributed by atoms with Gasteiger partial charge in [-0.2, -0.15) is 8.42 Å². The molecule has 0 radical (unpaired) electrons. The van der Waals surface area contributed by atoms with Crippen molar-refractivity contribution in [3.05, 3.63) is 0 Å². The van der Waals surface area contributed by atoms with Gasteiger partial charge in [0.15, 0.2) is 0 Å². The van der Waals surface area contributed by atoms with E-state index in [0.29, 0.717) is 6.42 Å². The van der Waals surface area contributed by atoms with E-state index in [0.717, 1.165) is 38.5 Å². The normalized spacial score (nSPS) is 13.1. The van der Waals surface area contributed by atoms with Crippen molar-refractivity contribution in [2.75, 3.05) is 5.75 Å². The first-order valence-electron chi connectivity index (χ1n) is 12.6. The highest BCUT2D eigenvalue weighted by molar-refractivity contribution is 7.85. The molecule has 0 bridgehead atoms. The minimum Gasteiger partial charge on any atom is -0.393 e. The van der Waals surface area contributed by atoms with Crippen LogP contribution in [-0.4, -0.2) is 29.9 Å². The lowest BCUT2D eigenvalue weighted by molar-refractivity contribution is 0.147. The SMILES string of the molecule is CCCCCCCCCCCC(O)CCCCCCCCCCCCS(=O)(=O)O. The van der Waals surface area contributed by atoms with Gasteiger partial charge in [0.05, 0.1) is 11.9 Å². The molecule has 0 aliphatic carbocycles. The van der Waals surface area contributed by atoms with Gasteiger partial charge in [-0.05, 0) is 19.3 Å². The maximum absolute atomic E-state index is 10.6. The van der Waals surface area contributed by atoms with E-state index in [2.05, 4.69) is 6.92 Å². The molecule has 0 spiro atoms. The van der Waals surface area contributed by atoms with Crippen molar-refractivity contribution in [2.45, 2.75) is 148 Å². The molecule has 0 aliphatic rings. The molecule has 0 saturated heterocycles. The van der Waals surface area contributed by atoms with Gasteiger partial charge in [-0.25, -0.2) is 0 Å². The number of aliphatic hydroxyl groups excluding tert-OH is 1. The predicted octanol–water partition coefficient (Wildman–Crippen LogP) is 7.45. The van der Waals surface area contributed by atoms with Crippen LogP contribution >= 0.6 is 0 Å². The number of hydrogen-bond donors (Lipinski definition) is 2. The van der Waals surface area contributed by atoms with Gasteiger partial charge in [0, 0.05) is 0 Å². The topological polar surface area (TPSA) is 74.6 Å². The third-order valence-corrected chi connectivity index (χ3v) is 6.64. The monoisotopic (exact) mass is 434 g/mol. The maximum atomic E-state index is 10.6. The van der Waals surface area contributed by atoms with E-state index < -0.39 is 10.1 Å². The second kappa shape index (κ2) is 21.1. The molecule has 2 N–H and O–H groups in total. The van der Waals surface area contributed by atoms with Crippen LogP contribution in [0.2, 0.25) is 0 Å². The highest BCUT2D eigenvalue weighted by atomic mass is 32.2. The minimum absolute atomic E-state index is 0.0951. The van der Waals surface area contributed by atoms with Gasteiger partial charge in [0.25, 0.3) is 10.1 Å². The van der Waals surface area contributed by atoms with Gasteiger partial charge in [0.1, 0.15) is 0 Å². The van der Waals surface area contributed by atoms with Crippen molar-refractivity contribution < 1.29 is 18.1 Å². The molecule has 0 saturated carbocycles.